The lowest BCUT2D eigenvalue weighted by molar-refractivity contribution is -0.121. The summed E-state index contributed by atoms with van der Waals surface area (Å²) in [4.78, 5) is 21.9. The molecule has 8 nitrogen and oxygen atoms in total. The van der Waals surface area contributed by atoms with Crippen LogP contribution in [0.1, 0.15) is 23.1 Å². The van der Waals surface area contributed by atoms with Gasteiger partial charge in [-0.1, -0.05) is 0 Å². The molecule has 0 aliphatic heterocycles. The second kappa shape index (κ2) is 9.05. The number of carbonyl (C=O) groups excluding carboxylic acids is 1. The number of furan rings is 1. The lowest BCUT2D eigenvalue weighted by Gasteiger charge is -2.20. The van der Waals surface area contributed by atoms with Crippen LogP contribution in [0.2, 0.25) is 0 Å². The van der Waals surface area contributed by atoms with Gasteiger partial charge in [0.15, 0.2) is 10.8 Å². The highest BCUT2D eigenvalue weighted by Crippen LogP contribution is 2.30. The van der Waals surface area contributed by atoms with Crippen molar-refractivity contribution < 1.29 is 18.7 Å². The highest BCUT2D eigenvalue weighted by atomic mass is 32.1. The van der Waals surface area contributed by atoms with Crippen molar-refractivity contribution in [1.29, 1.82) is 0 Å². The van der Waals surface area contributed by atoms with Gasteiger partial charge in [-0.15, -0.1) is 11.3 Å². The first-order valence-electron chi connectivity index (χ1n) is 9.55. The Morgan fingerprint density at radius 2 is 2.03 bits per heavy atom. The van der Waals surface area contributed by atoms with Crippen LogP contribution in [0.5, 0.6) is 11.5 Å². The second-order valence-electron chi connectivity index (χ2n) is 6.84. The molecule has 1 aromatic carbocycles. The van der Waals surface area contributed by atoms with E-state index in [4.69, 9.17) is 13.9 Å². The maximum absolute atomic E-state index is 12.9. The van der Waals surface area contributed by atoms with Gasteiger partial charge >= 0.3 is 0 Å². The van der Waals surface area contributed by atoms with E-state index >= 15 is 0 Å². The summed E-state index contributed by atoms with van der Waals surface area (Å²) in [6.07, 6.45) is 5.27. The number of hydrogen-bond acceptors (Lipinski definition) is 7. The van der Waals surface area contributed by atoms with E-state index in [0.717, 1.165) is 10.6 Å². The zero-order valence-corrected chi connectivity index (χ0v) is 18.2. The number of imidazole rings is 1. The van der Waals surface area contributed by atoms with Crippen molar-refractivity contribution in [2.45, 2.75) is 12.5 Å². The van der Waals surface area contributed by atoms with Crippen LogP contribution in [0.25, 0.3) is 10.8 Å². The van der Waals surface area contributed by atoms with Crippen LogP contribution >= 0.6 is 11.3 Å². The molecule has 0 aliphatic carbocycles. The van der Waals surface area contributed by atoms with Crippen LogP contribution in [0, 0.1) is 0 Å². The molecular formula is C22H22N4O4S. The molecule has 0 aliphatic rings. The number of hydrogen-bond donors (Lipinski definition) is 1. The van der Waals surface area contributed by atoms with E-state index < -0.39 is 6.04 Å². The average Bonchev–Trinajstić information content (AvgIpc) is 3.53. The highest BCUT2D eigenvalue weighted by molar-refractivity contribution is 7.13. The van der Waals surface area contributed by atoms with Crippen molar-refractivity contribution in [3.05, 3.63) is 71.5 Å². The van der Waals surface area contributed by atoms with Gasteiger partial charge in [0.25, 0.3) is 0 Å². The molecule has 1 atom stereocenters. The molecule has 1 N–H and O–H groups in total. The fourth-order valence-electron chi connectivity index (χ4n) is 3.23. The first-order valence-corrected chi connectivity index (χ1v) is 10.4. The summed E-state index contributed by atoms with van der Waals surface area (Å²) < 4.78 is 18.0. The standard InChI is InChI=1S/C22H22N4O4S/c1-26-7-6-23-21(26)20(14-9-16(28-2)12-17(10-14)29-3)25-19(27)11-15-13-31-22(24-15)18-5-4-8-30-18/h4-10,12-13,20H,11H2,1-3H3,(H,25,27)/t20-/m1/s1. The number of benzene rings is 1. The Morgan fingerprint density at radius 1 is 1.26 bits per heavy atom. The van der Waals surface area contributed by atoms with E-state index in [2.05, 4.69) is 15.3 Å². The Bertz CT molecular complexity index is 1140. The minimum absolute atomic E-state index is 0.138. The molecule has 0 saturated carbocycles. The molecule has 3 heterocycles. The maximum atomic E-state index is 12.9. The number of thiazole rings is 1. The van der Waals surface area contributed by atoms with Gasteiger partial charge in [0.05, 0.1) is 32.6 Å². The Labute approximate surface area is 183 Å². The van der Waals surface area contributed by atoms with Crippen molar-refractivity contribution in [3.8, 4) is 22.3 Å². The Balaban J connectivity index is 1.58. The van der Waals surface area contributed by atoms with Crippen molar-refractivity contribution >= 4 is 17.2 Å². The second-order valence-corrected chi connectivity index (χ2v) is 7.70. The van der Waals surface area contributed by atoms with Crippen LogP contribution in [0.4, 0.5) is 0 Å². The van der Waals surface area contributed by atoms with E-state index in [1.54, 1.807) is 32.7 Å². The van der Waals surface area contributed by atoms with Crippen molar-refractivity contribution in [2.24, 2.45) is 7.05 Å². The summed E-state index contributed by atoms with van der Waals surface area (Å²) >= 11 is 1.44. The molecule has 1 amide bonds. The van der Waals surface area contributed by atoms with E-state index in [-0.39, 0.29) is 12.3 Å². The summed E-state index contributed by atoms with van der Waals surface area (Å²) in [7, 11) is 5.06. The SMILES string of the molecule is COc1cc(OC)cc([C@@H](NC(=O)Cc2csc(-c3ccco3)n2)c2nccn2C)c1. The fourth-order valence-corrected chi connectivity index (χ4v) is 4.01. The van der Waals surface area contributed by atoms with Crippen molar-refractivity contribution in [3.63, 3.8) is 0 Å². The number of amides is 1. The third kappa shape index (κ3) is 4.61. The Kier molecular flexibility index (Phi) is 6.03. The van der Waals surface area contributed by atoms with Crippen LogP contribution in [0.3, 0.4) is 0 Å². The molecule has 3 aromatic heterocycles. The number of aryl methyl sites for hydroxylation is 1. The molecule has 31 heavy (non-hydrogen) atoms. The molecule has 9 heteroatoms. The minimum Gasteiger partial charge on any atom is -0.497 e. The molecule has 0 saturated heterocycles. The van der Waals surface area contributed by atoms with Crippen LogP contribution in [0.15, 0.2) is 58.8 Å². The number of aromatic nitrogens is 3. The van der Waals surface area contributed by atoms with E-state index in [0.29, 0.717) is 28.8 Å². The van der Waals surface area contributed by atoms with E-state index in [1.165, 1.54) is 11.3 Å². The third-order valence-corrected chi connectivity index (χ3v) is 5.66. The fraction of sp³-hybridized carbons (Fsp3) is 0.227. The molecule has 0 radical (unpaired) electrons. The monoisotopic (exact) mass is 438 g/mol. The van der Waals surface area contributed by atoms with E-state index in [1.807, 2.05) is 47.5 Å². The molecule has 4 rings (SSSR count). The summed E-state index contributed by atoms with van der Waals surface area (Å²) in [5.74, 6) is 2.46. The normalized spacial score (nSPS) is 11.8. The lowest BCUT2D eigenvalue weighted by atomic mass is 10.0. The quantitative estimate of drug-likeness (QED) is 0.452. The van der Waals surface area contributed by atoms with Gasteiger partial charge in [-0.25, -0.2) is 9.97 Å². The van der Waals surface area contributed by atoms with Crippen LogP contribution < -0.4 is 14.8 Å². The predicted octanol–water partition coefficient (Wildman–Crippen LogP) is 3.60. The summed E-state index contributed by atoms with van der Waals surface area (Å²) in [6.45, 7) is 0. The molecule has 0 fully saturated rings. The number of nitrogens with zero attached hydrogens (tertiary/aromatic N) is 3. The van der Waals surface area contributed by atoms with Crippen molar-refractivity contribution in [1.82, 2.24) is 19.9 Å². The lowest BCUT2D eigenvalue weighted by Crippen LogP contribution is -2.32. The maximum Gasteiger partial charge on any atom is 0.226 e. The van der Waals surface area contributed by atoms with Crippen molar-refractivity contribution in [2.75, 3.05) is 14.2 Å². The number of carbonyl (C=O) groups is 1. The topological polar surface area (TPSA) is 91.4 Å². The van der Waals surface area contributed by atoms with Gasteiger partial charge in [-0.3, -0.25) is 4.79 Å². The summed E-state index contributed by atoms with van der Waals surface area (Å²) in [5, 5.41) is 5.68. The van der Waals surface area contributed by atoms with Gasteiger partial charge in [0.2, 0.25) is 5.91 Å². The summed E-state index contributed by atoms with van der Waals surface area (Å²) in [5.41, 5.74) is 1.48. The van der Waals surface area contributed by atoms with E-state index in [9.17, 15) is 4.79 Å². The van der Waals surface area contributed by atoms with Gasteiger partial charge < -0.3 is 23.8 Å². The third-order valence-electron chi connectivity index (χ3n) is 4.75. The minimum atomic E-state index is -0.486. The van der Waals surface area contributed by atoms with Crippen LogP contribution in [-0.2, 0) is 18.3 Å². The first kappa shape index (κ1) is 20.7. The Hall–Kier alpha value is -3.59. The highest BCUT2D eigenvalue weighted by Gasteiger charge is 2.23. The number of rotatable bonds is 8. The molecule has 0 unspecified atom stereocenters. The van der Waals surface area contributed by atoms with Gasteiger partial charge in [0, 0.05) is 30.9 Å². The number of ether oxygens (including phenoxy) is 2. The number of methoxy groups -OCH3 is 2. The molecular weight excluding hydrogens is 416 g/mol. The molecule has 160 valence electrons. The Morgan fingerprint density at radius 3 is 2.65 bits per heavy atom. The molecule has 0 spiro atoms. The van der Waals surface area contributed by atoms with Gasteiger partial charge in [-0.2, -0.15) is 0 Å². The van der Waals surface area contributed by atoms with Crippen LogP contribution in [-0.4, -0.2) is 34.7 Å². The predicted molar refractivity (Wildman–Crippen MR) is 116 cm³/mol. The molecule has 0 bridgehead atoms. The summed E-state index contributed by atoms with van der Waals surface area (Å²) in [6, 6.07) is 8.67. The number of nitrogens with one attached hydrogen (secondary N) is 1. The zero-order valence-electron chi connectivity index (χ0n) is 17.4. The van der Waals surface area contributed by atoms with Gasteiger partial charge in [0.1, 0.15) is 23.4 Å². The molecule has 4 aromatic rings. The average molecular weight is 439 g/mol. The first-order chi connectivity index (χ1) is 15.1. The van der Waals surface area contributed by atoms with Gasteiger partial charge in [-0.05, 0) is 29.8 Å². The zero-order chi connectivity index (χ0) is 21.8. The smallest absolute Gasteiger partial charge is 0.226 e. The largest absolute Gasteiger partial charge is 0.497 e.